The first-order chi connectivity index (χ1) is 8.66. The summed E-state index contributed by atoms with van der Waals surface area (Å²) in [5.74, 6) is -1.56. The molecular weight excluding hydrogens is 275 g/mol. The maximum absolute atomic E-state index is 12.8. The third-order valence-electron chi connectivity index (χ3n) is 2.27. The molecule has 0 unspecified atom stereocenters. The van der Waals surface area contributed by atoms with Gasteiger partial charge in [0.05, 0.1) is 12.1 Å². The van der Waals surface area contributed by atoms with Crippen molar-refractivity contribution in [2.24, 2.45) is 5.73 Å². The van der Waals surface area contributed by atoms with Crippen molar-refractivity contribution in [1.29, 1.82) is 0 Å². The number of nitrogens with two attached hydrogens (primary N) is 1. The Morgan fingerprint density at radius 3 is 2.37 bits per heavy atom. The highest BCUT2D eigenvalue weighted by Gasteiger charge is 2.35. The largest absolute Gasteiger partial charge is 0.481 e. The summed E-state index contributed by atoms with van der Waals surface area (Å²) in [6.45, 7) is -0.572. The Morgan fingerprint density at radius 2 is 2.00 bits per heavy atom. The molecule has 3 N–H and O–H groups in total. The number of carbonyl (C=O) groups is 1. The third-order valence-corrected chi connectivity index (χ3v) is 2.27. The SMILES string of the molecule is NCc1cc(C(F)(F)F)nc(CC(=O)O)c1C(F)F. The van der Waals surface area contributed by atoms with Crippen molar-refractivity contribution in [3.8, 4) is 0 Å². The molecule has 0 amide bonds. The van der Waals surface area contributed by atoms with Crippen LogP contribution in [0.15, 0.2) is 6.07 Å². The van der Waals surface area contributed by atoms with E-state index in [2.05, 4.69) is 4.98 Å². The molecule has 0 fully saturated rings. The first-order valence-corrected chi connectivity index (χ1v) is 4.96. The third kappa shape index (κ3) is 3.60. The van der Waals surface area contributed by atoms with Crippen LogP contribution in [0.3, 0.4) is 0 Å². The van der Waals surface area contributed by atoms with Crippen LogP contribution in [0, 0.1) is 0 Å². The predicted octanol–water partition coefficient (Wildman–Crippen LogP) is 2.12. The Balaban J connectivity index is 3.49. The summed E-state index contributed by atoms with van der Waals surface area (Å²) < 4.78 is 63.1. The lowest BCUT2D eigenvalue weighted by atomic mass is 10.0. The van der Waals surface area contributed by atoms with Crippen LogP contribution in [-0.4, -0.2) is 16.1 Å². The van der Waals surface area contributed by atoms with Crippen molar-refractivity contribution in [3.05, 3.63) is 28.6 Å². The van der Waals surface area contributed by atoms with Crippen molar-refractivity contribution in [3.63, 3.8) is 0 Å². The Hall–Kier alpha value is -1.77. The number of aromatic nitrogens is 1. The molecule has 1 aromatic rings. The Bertz CT molecular complexity index is 488. The van der Waals surface area contributed by atoms with Gasteiger partial charge in [-0.3, -0.25) is 4.79 Å². The Kier molecular flexibility index (Phi) is 4.40. The van der Waals surface area contributed by atoms with Gasteiger partial charge in [-0.15, -0.1) is 0 Å². The van der Waals surface area contributed by atoms with E-state index < -0.39 is 54.1 Å². The van der Waals surface area contributed by atoms with Crippen LogP contribution >= 0.6 is 0 Å². The molecule has 0 saturated carbocycles. The number of hydrogen-bond donors (Lipinski definition) is 2. The van der Waals surface area contributed by atoms with Crippen LogP contribution in [0.1, 0.15) is 28.9 Å². The van der Waals surface area contributed by atoms with Crippen LogP contribution < -0.4 is 5.73 Å². The lowest BCUT2D eigenvalue weighted by Gasteiger charge is -2.15. The molecule has 0 aliphatic rings. The second kappa shape index (κ2) is 5.47. The molecule has 0 aliphatic carbocycles. The summed E-state index contributed by atoms with van der Waals surface area (Å²) >= 11 is 0. The molecule has 1 aromatic heterocycles. The Morgan fingerprint density at radius 1 is 1.42 bits per heavy atom. The van der Waals surface area contributed by atoms with E-state index in [0.717, 1.165) is 0 Å². The molecular formula is C10H9F5N2O2. The highest BCUT2D eigenvalue weighted by Crippen LogP contribution is 2.33. The normalized spacial score (nSPS) is 11.9. The molecule has 106 valence electrons. The molecule has 0 saturated heterocycles. The number of nitrogens with zero attached hydrogens (tertiary/aromatic N) is 1. The van der Waals surface area contributed by atoms with Crippen molar-refractivity contribution < 1.29 is 31.9 Å². The zero-order valence-electron chi connectivity index (χ0n) is 9.34. The molecule has 0 radical (unpaired) electrons. The van der Waals surface area contributed by atoms with Crippen molar-refractivity contribution in [2.75, 3.05) is 0 Å². The molecule has 4 nitrogen and oxygen atoms in total. The molecule has 0 spiro atoms. The van der Waals surface area contributed by atoms with Crippen LogP contribution in [0.4, 0.5) is 22.0 Å². The van der Waals surface area contributed by atoms with Gasteiger partial charge in [-0.1, -0.05) is 0 Å². The highest BCUT2D eigenvalue weighted by atomic mass is 19.4. The molecule has 19 heavy (non-hydrogen) atoms. The highest BCUT2D eigenvalue weighted by molar-refractivity contribution is 5.70. The first-order valence-electron chi connectivity index (χ1n) is 4.96. The van der Waals surface area contributed by atoms with Gasteiger partial charge in [-0.05, 0) is 11.6 Å². The standard InChI is InChI=1S/C10H9F5N2O2/c11-9(12)8-4(3-16)1-6(10(13,14)15)17-5(8)2-7(18)19/h1,9H,2-3,16H2,(H,18,19). The molecule has 1 rings (SSSR count). The topological polar surface area (TPSA) is 76.2 Å². The number of carboxylic acid groups (broad SMARTS) is 1. The van der Waals surface area contributed by atoms with Crippen molar-refractivity contribution in [1.82, 2.24) is 4.98 Å². The van der Waals surface area contributed by atoms with Crippen LogP contribution in [-0.2, 0) is 23.9 Å². The first kappa shape index (κ1) is 15.3. The van der Waals surface area contributed by atoms with Gasteiger partial charge in [0.2, 0.25) is 0 Å². The number of aliphatic carboxylic acids is 1. The number of carboxylic acids is 1. The monoisotopic (exact) mass is 284 g/mol. The fraction of sp³-hybridized carbons (Fsp3) is 0.400. The lowest BCUT2D eigenvalue weighted by Crippen LogP contribution is -2.17. The summed E-state index contributed by atoms with van der Waals surface area (Å²) in [6, 6.07) is 0.410. The van der Waals surface area contributed by atoms with E-state index >= 15 is 0 Å². The summed E-state index contributed by atoms with van der Waals surface area (Å²) in [5, 5.41) is 8.53. The van der Waals surface area contributed by atoms with Gasteiger partial charge in [0.25, 0.3) is 6.43 Å². The van der Waals surface area contributed by atoms with E-state index in [-0.39, 0.29) is 0 Å². The lowest BCUT2D eigenvalue weighted by molar-refractivity contribution is -0.142. The number of halogens is 5. The molecule has 0 aromatic carbocycles. The molecule has 0 bridgehead atoms. The van der Waals surface area contributed by atoms with Crippen molar-refractivity contribution in [2.45, 2.75) is 25.6 Å². The zero-order chi connectivity index (χ0) is 14.8. The minimum atomic E-state index is -4.86. The number of alkyl halides is 5. The minimum Gasteiger partial charge on any atom is -0.481 e. The van der Waals surface area contributed by atoms with E-state index in [9.17, 15) is 26.7 Å². The summed E-state index contributed by atoms with van der Waals surface area (Å²) in [5.41, 5.74) is 1.55. The van der Waals surface area contributed by atoms with Gasteiger partial charge in [-0.2, -0.15) is 13.2 Å². The minimum absolute atomic E-state index is 0.410. The summed E-state index contributed by atoms with van der Waals surface area (Å²) in [4.78, 5) is 13.5. The number of pyridine rings is 1. The van der Waals surface area contributed by atoms with Gasteiger partial charge in [0, 0.05) is 12.1 Å². The van der Waals surface area contributed by atoms with E-state index in [0.29, 0.717) is 6.07 Å². The van der Waals surface area contributed by atoms with E-state index in [1.807, 2.05) is 0 Å². The average Bonchev–Trinajstić information content (AvgIpc) is 2.25. The summed E-state index contributed by atoms with van der Waals surface area (Å²) in [7, 11) is 0. The van der Waals surface area contributed by atoms with Gasteiger partial charge < -0.3 is 10.8 Å². The van der Waals surface area contributed by atoms with Gasteiger partial charge >= 0.3 is 12.1 Å². The summed E-state index contributed by atoms with van der Waals surface area (Å²) in [6.07, 6.45) is -9.04. The van der Waals surface area contributed by atoms with Crippen molar-refractivity contribution >= 4 is 5.97 Å². The van der Waals surface area contributed by atoms with Crippen LogP contribution in [0.5, 0.6) is 0 Å². The maximum Gasteiger partial charge on any atom is 0.433 e. The van der Waals surface area contributed by atoms with Crippen LogP contribution in [0.25, 0.3) is 0 Å². The van der Waals surface area contributed by atoms with Gasteiger partial charge in [0.15, 0.2) is 0 Å². The number of hydrogen-bond acceptors (Lipinski definition) is 3. The maximum atomic E-state index is 12.8. The average molecular weight is 284 g/mol. The molecule has 0 aliphatic heterocycles. The van der Waals surface area contributed by atoms with Crippen LogP contribution in [0.2, 0.25) is 0 Å². The van der Waals surface area contributed by atoms with E-state index in [1.54, 1.807) is 0 Å². The fourth-order valence-electron chi connectivity index (χ4n) is 1.52. The fourth-order valence-corrected chi connectivity index (χ4v) is 1.52. The quantitative estimate of drug-likeness (QED) is 0.830. The number of rotatable bonds is 4. The van der Waals surface area contributed by atoms with Gasteiger partial charge in [0.1, 0.15) is 5.69 Å². The zero-order valence-corrected chi connectivity index (χ0v) is 9.34. The molecule has 0 atom stereocenters. The predicted molar refractivity (Wildman–Crippen MR) is 53.4 cm³/mol. The van der Waals surface area contributed by atoms with Gasteiger partial charge in [-0.25, -0.2) is 13.8 Å². The van der Waals surface area contributed by atoms with E-state index in [1.165, 1.54) is 0 Å². The smallest absolute Gasteiger partial charge is 0.433 e. The molecule has 9 heteroatoms. The second-order valence-corrected chi connectivity index (χ2v) is 3.60. The van der Waals surface area contributed by atoms with E-state index in [4.69, 9.17) is 10.8 Å². The second-order valence-electron chi connectivity index (χ2n) is 3.60. The Labute approximate surface area is 104 Å². The molecule has 1 heterocycles.